The van der Waals surface area contributed by atoms with Crippen molar-refractivity contribution in [3.8, 4) is 0 Å². The van der Waals surface area contributed by atoms with Gasteiger partial charge in [-0.15, -0.1) is 0 Å². The zero-order chi connectivity index (χ0) is 12.4. The lowest BCUT2D eigenvalue weighted by atomic mass is 9.87. The highest BCUT2D eigenvalue weighted by molar-refractivity contribution is 5.28. The maximum Gasteiger partial charge on any atom is 0.0952 e. The summed E-state index contributed by atoms with van der Waals surface area (Å²) in [7, 11) is 0. The minimum atomic E-state index is 0.228. The Balaban J connectivity index is 1.74. The predicted molar refractivity (Wildman–Crippen MR) is 73.6 cm³/mol. The Morgan fingerprint density at radius 3 is 2.78 bits per heavy atom. The predicted octanol–water partition coefficient (Wildman–Crippen LogP) is 3.22. The van der Waals surface area contributed by atoms with Gasteiger partial charge in [-0.1, -0.05) is 37.1 Å². The van der Waals surface area contributed by atoms with Crippen molar-refractivity contribution >= 4 is 0 Å². The van der Waals surface area contributed by atoms with E-state index in [-0.39, 0.29) is 6.10 Å². The van der Waals surface area contributed by atoms with Crippen molar-refractivity contribution in [3.05, 3.63) is 35.4 Å². The van der Waals surface area contributed by atoms with Crippen molar-refractivity contribution in [1.29, 1.82) is 0 Å². The molecule has 1 saturated carbocycles. The van der Waals surface area contributed by atoms with E-state index in [0.717, 1.165) is 19.7 Å². The molecular weight excluding hydrogens is 222 g/mol. The first-order valence-corrected chi connectivity index (χ1v) is 7.17. The summed E-state index contributed by atoms with van der Waals surface area (Å²) in [5.74, 6) is 0. The summed E-state index contributed by atoms with van der Waals surface area (Å²) in [6.45, 7) is 5.19. The van der Waals surface area contributed by atoms with Crippen LogP contribution in [0.1, 0.15) is 42.9 Å². The third-order valence-electron chi connectivity index (χ3n) is 4.62. The van der Waals surface area contributed by atoms with Gasteiger partial charge in [-0.3, -0.25) is 0 Å². The van der Waals surface area contributed by atoms with Gasteiger partial charge in [0.2, 0.25) is 0 Å². The Morgan fingerprint density at radius 2 is 2.00 bits per heavy atom. The molecule has 1 saturated heterocycles. The Hall–Kier alpha value is -0.860. The molecule has 1 unspecified atom stereocenters. The molecule has 0 aromatic heterocycles. The van der Waals surface area contributed by atoms with Gasteiger partial charge in [0, 0.05) is 18.5 Å². The number of nitrogens with one attached hydrogen (secondary N) is 1. The molecule has 1 N–H and O–H groups in total. The summed E-state index contributed by atoms with van der Waals surface area (Å²) < 4.78 is 6.25. The number of hydrogen-bond acceptors (Lipinski definition) is 2. The van der Waals surface area contributed by atoms with E-state index < -0.39 is 0 Å². The van der Waals surface area contributed by atoms with E-state index in [4.69, 9.17) is 4.74 Å². The fourth-order valence-corrected chi connectivity index (χ4v) is 3.45. The smallest absolute Gasteiger partial charge is 0.0952 e. The van der Waals surface area contributed by atoms with Gasteiger partial charge >= 0.3 is 0 Å². The lowest BCUT2D eigenvalue weighted by Gasteiger charge is -2.26. The van der Waals surface area contributed by atoms with Crippen LogP contribution in [-0.2, 0) is 4.74 Å². The average molecular weight is 245 g/mol. The second-order valence-electron chi connectivity index (χ2n) is 5.99. The molecule has 3 rings (SSSR count). The lowest BCUT2D eigenvalue weighted by molar-refractivity contribution is 0.0155. The van der Waals surface area contributed by atoms with Gasteiger partial charge in [-0.25, -0.2) is 0 Å². The van der Waals surface area contributed by atoms with Gasteiger partial charge < -0.3 is 10.1 Å². The van der Waals surface area contributed by atoms with Gasteiger partial charge in [-0.05, 0) is 30.9 Å². The third kappa shape index (κ3) is 2.32. The van der Waals surface area contributed by atoms with E-state index in [0.29, 0.717) is 5.41 Å². The fourth-order valence-electron chi connectivity index (χ4n) is 3.45. The van der Waals surface area contributed by atoms with Crippen molar-refractivity contribution in [2.24, 2.45) is 5.41 Å². The molecule has 1 spiro atoms. The zero-order valence-electron chi connectivity index (χ0n) is 11.2. The minimum Gasteiger partial charge on any atom is -0.372 e. The normalized spacial score (nSPS) is 27.3. The van der Waals surface area contributed by atoms with E-state index >= 15 is 0 Å². The van der Waals surface area contributed by atoms with Gasteiger partial charge in [0.05, 0.1) is 12.7 Å². The number of aryl methyl sites for hydroxylation is 1. The molecule has 0 bridgehead atoms. The standard InChI is InChI=1S/C16H23NO/c1-13-6-2-3-7-14(13)15-10-17-11-16(12-18-15)8-4-5-9-16/h2-3,6-7,15,17H,4-5,8-12H2,1H3. The second-order valence-corrected chi connectivity index (χ2v) is 5.99. The van der Waals surface area contributed by atoms with E-state index in [1.54, 1.807) is 0 Å². The SMILES string of the molecule is Cc1ccccc1C1CNCC2(CCCC2)CO1. The molecule has 2 heteroatoms. The highest BCUT2D eigenvalue weighted by Crippen LogP contribution is 2.40. The minimum absolute atomic E-state index is 0.228. The molecule has 18 heavy (non-hydrogen) atoms. The van der Waals surface area contributed by atoms with Gasteiger partial charge in [0.1, 0.15) is 0 Å². The Morgan fingerprint density at radius 1 is 1.22 bits per heavy atom. The van der Waals surface area contributed by atoms with E-state index in [2.05, 4.69) is 36.5 Å². The quantitative estimate of drug-likeness (QED) is 0.820. The maximum absolute atomic E-state index is 6.25. The van der Waals surface area contributed by atoms with Crippen LogP contribution in [0.3, 0.4) is 0 Å². The molecule has 0 radical (unpaired) electrons. The van der Waals surface area contributed by atoms with Crippen LogP contribution in [0.2, 0.25) is 0 Å². The van der Waals surface area contributed by atoms with Crippen LogP contribution in [-0.4, -0.2) is 19.7 Å². The summed E-state index contributed by atoms with van der Waals surface area (Å²) in [5, 5.41) is 3.63. The third-order valence-corrected chi connectivity index (χ3v) is 4.62. The first-order valence-electron chi connectivity index (χ1n) is 7.17. The summed E-state index contributed by atoms with van der Waals surface area (Å²) in [5.41, 5.74) is 3.11. The summed E-state index contributed by atoms with van der Waals surface area (Å²) in [6.07, 6.45) is 5.65. The van der Waals surface area contributed by atoms with Crippen molar-refractivity contribution in [3.63, 3.8) is 0 Å². The zero-order valence-corrected chi connectivity index (χ0v) is 11.2. The molecule has 1 aliphatic heterocycles. The topological polar surface area (TPSA) is 21.3 Å². The monoisotopic (exact) mass is 245 g/mol. The molecular formula is C16H23NO. The molecule has 98 valence electrons. The molecule has 1 aromatic carbocycles. The number of rotatable bonds is 1. The van der Waals surface area contributed by atoms with Crippen molar-refractivity contribution in [1.82, 2.24) is 5.32 Å². The van der Waals surface area contributed by atoms with Crippen molar-refractivity contribution in [2.75, 3.05) is 19.7 Å². The van der Waals surface area contributed by atoms with Crippen LogP contribution in [0.15, 0.2) is 24.3 Å². The first kappa shape index (κ1) is 12.2. The van der Waals surface area contributed by atoms with Crippen molar-refractivity contribution in [2.45, 2.75) is 38.7 Å². The van der Waals surface area contributed by atoms with E-state index in [1.165, 1.54) is 36.8 Å². The van der Waals surface area contributed by atoms with Gasteiger partial charge in [-0.2, -0.15) is 0 Å². The molecule has 2 nitrogen and oxygen atoms in total. The van der Waals surface area contributed by atoms with Crippen LogP contribution < -0.4 is 5.32 Å². The van der Waals surface area contributed by atoms with Gasteiger partial charge in [0.15, 0.2) is 0 Å². The van der Waals surface area contributed by atoms with E-state index in [9.17, 15) is 0 Å². The summed E-state index contributed by atoms with van der Waals surface area (Å²) in [6, 6.07) is 8.59. The summed E-state index contributed by atoms with van der Waals surface area (Å²) >= 11 is 0. The Kier molecular flexibility index (Phi) is 3.40. The Labute approximate surface area is 110 Å². The molecule has 1 heterocycles. The van der Waals surface area contributed by atoms with E-state index in [1.807, 2.05) is 0 Å². The average Bonchev–Trinajstić information content (AvgIpc) is 2.73. The number of hydrogen-bond donors (Lipinski definition) is 1. The highest BCUT2D eigenvalue weighted by atomic mass is 16.5. The van der Waals surface area contributed by atoms with Crippen LogP contribution in [0, 0.1) is 12.3 Å². The second kappa shape index (κ2) is 5.02. The number of ether oxygens (including phenoxy) is 1. The maximum atomic E-state index is 6.25. The van der Waals surface area contributed by atoms with Crippen LogP contribution >= 0.6 is 0 Å². The largest absolute Gasteiger partial charge is 0.372 e. The molecule has 1 atom stereocenters. The first-order chi connectivity index (χ1) is 8.79. The molecule has 2 aliphatic rings. The molecule has 2 fully saturated rings. The summed E-state index contributed by atoms with van der Waals surface area (Å²) in [4.78, 5) is 0. The Bertz CT molecular complexity index is 409. The highest BCUT2D eigenvalue weighted by Gasteiger charge is 2.36. The van der Waals surface area contributed by atoms with Crippen LogP contribution in [0.5, 0.6) is 0 Å². The lowest BCUT2D eigenvalue weighted by Crippen LogP contribution is -2.32. The molecule has 1 aromatic rings. The number of benzene rings is 1. The van der Waals surface area contributed by atoms with Crippen LogP contribution in [0.4, 0.5) is 0 Å². The molecule has 0 amide bonds. The molecule has 1 aliphatic carbocycles. The fraction of sp³-hybridized carbons (Fsp3) is 0.625. The van der Waals surface area contributed by atoms with Gasteiger partial charge in [0.25, 0.3) is 0 Å². The van der Waals surface area contributed by atoms with Crippen LogP contribution in [0.25, 0.3) is 0 Å². The van der Waals surface area contributed by atoms with Crippen molar-refractivity contribution < 1.29 is 4.74 Å².